The van der Waals surface area contributed by atoms with Crippen LogP contribution < -0.4 is 11.1 Å². The summed E-state index contributed by atoms with van der Waals surface area (Å²) in [6.45, 7) is 1.92. The molecule has 0 bridgehead atoms. The Kier molecular flexibility index (Phi) is 2.86. The number of nitrogen functional groups attached to an aromatic ring is 1. The minimum absolute atomic E-state index is 0.143. The van der Waals surface area contributed by atoms with E-state index in [1.807, 2.05) is 31.2 Å². The lowest BCUT2D eigenvalue weighted by Crippen LogP contribution is -2.36. The molecule has 1 aromatic heterocycles. The molecule has 1 unspecified atom stereocenters. The zero-order chi connectivity index (χ0) is 14.4. The van der Waals surface area contributed by atoms with E-state index in [0.29, 0.717) is 12.1 Å². The number of nitrogens with two attached hydrogens (primary N) is 1. The van der Waals surface area contributed by atoms with Crippen LogP contribution in [0.25, 0.3) is 10.9 Å². The van der Waals surface area contributed by atoms with E-state index in [0.717, 1.165) is 16.6 Å². The first-order valence-corrected chi connectivity index (χ1v) is 8.33. The Morgan fingerprint density at radius 2 is 2.15 bits per heavy atom. The summed E-state index contributed by atoms with van der Waals surface area (Å²) in [5, 5.41) is 4.18. The summed E-state index contributed by atoms with van der Waals surface area (Å²) in [5.41, 5.74) is 7.93. The average molecular weight is 291 g/mol. The van der Waals surface area contributed by atoms with Gasteiger partial charge in [-0.2, -0.15) is 0 Å². The van der Waals surface area contributed by atoms with Gasteiger partial charge in [-0.25, -0.2) is 8.42 Å². The predicted molar refractivity (Wildman–Crippen MR) is 81.5 cm³/mol. The number of hydrogen-bond acceptors (Lipinski definition) is 5. The van der Waals surface area contributed by atoms with Crippen LogP contribution >= 0.6 is 0 Å². The molecule has 106 valence electrons. The molecular formula is C14H17N3O2S. The summed E-state index contributed by atoms with van der Waals surface area (Å²) in [6, 6.07) is 7.50. The Labute approximate surface area is 118 Å². The van der Waals surface area contributed by atoms with Gasteiger partial charge in [0.15, 0.2) is 9.84 Å². The number of nitrogens with zero attached hydrogens (tertiary/aromatic N) is 1. The second-order valence-electron chi connectivity index (χ2n) is 5.62. The minimum atomic E-state index is -2.95. The number of pyridine rings is 1. The Balaban J connectivity index is 1.98. The van der Waals surface area contributed by atoms with Crippen LogP contribution in [-0.2, 0) is 9.84 Å². The Morgan fingerprint density at radius 1 is 1.35 bits per heavy atom. The highest BCUT2D eigenvalue weighted by Gasteiger charge is 2.38. The Bertz CT molecular complexity index is 773. The van der Waals surface area contributed by atoms with Gasteiger partial charge >= 0.3 is 0 Å². The van der Waals surface area contributed by atoms with Crippen molar-refractivity contribution < 1.29 is 8.42 Å². The van der Waals surface area contributed by atoms with Crippen LogP contribution in [0.2, 0.25) is 0 Å². The Morgan fingerprint density at radius 3 is 2.85 bits per heavy atom. The fourth-order valence-electron chi connectivity index (χ4n) is 2.72. The van der Waals surface area contributed by atoms with Gasteiger partial charge in [-0.3, -0.25) is 4.98 Å². The van der Waals surface area contributed by atoms with E-state index in [9.17, 15) is 8.42 Å². The summed E-state index contributed by atoms with van der Waals surface area (Å²) in [7, 11) is -2.95. The largest absolute Gasteiger partial charge is 0.397 e. The van der Waals surface area contributed by atoms with Gasteiger partial charge in [-0.05, 0) is 37.6 Å². The van der Waals surface area contributed by atoms with Crippen LogP contribution in [0.1, 0.15) is 13.3 Å². The monoisotopic (exact) mass is 291 g/mol. The van der Waals surface area contributed by atoms with Gasteiger partial charge in [0.2, 0.25) is 0 Å². The van der Waals surface area contributed by atoms with Crippen molar-refractivity contribution in [2.75, 3.05) is 22.6 Å². The number of sulfone groups is 1. The average Bonchev–Trinajstić information content (AvgIpc) is 2.67. The zero-order valence-corrected chi connectivity index (χ0v) is 12.1. The van der Waals surface area contributed by atoms with E-state index in [1.165, 1.54) is 0 Å². The minimum Gasteiger partial charge on any atom is -0.397 e. The first kappa shape index (κ1) is 13.2. The van der Waals surface area contributed by atoms with Gasteiger partial charge in [-0.15, -0.1) is 0 Å². The number of anilines is 2. The number of aromatic nitrogens is 1. The van der Waals surface area contributed by atoms with E-state index in [1.54, 1.807) is 6.20 Å². The van der Waals surface area contributed by atoms with Gasteiger partial charge in [0.25, 0.3) is 0 Å². The van der Waals surface area contributed by atoms with Crippen molar-refractivity contribution in [2.24, 2.45) is 0 Å². The quantitative estimate of drug-likeness (QED) is 0.824. The molecule has 5 nitrogen and oxygen atoms in total. The van der Waals surface area contributed by atoms with Crippen LogP contribution in [0.15, 0.2) is 30.5 Å². The van der Waals surface area contributed by atoms with Crippen LogP contribution in [-0.4, -0.2) is 30.4 Å². The fourth-order valence-corrected chi connectivity index (χ4v) is 4.81. The second-order valence-corrected chi connectivity index (χ2v) is 7.81. The highest BCUT2D eigenvalue weighted by Crippen LogP contribution is 2.33. The third-order valence-electron chi connectivity index (χ3n) is 3.77. The van der Waals surface area contributed by atoms with Crippen molar-refractivity contribution in [3.8, 4) is 0 Å². The third-order valence-corrected chi connectivity index (χ3v) is 5.67. The number of rotatable bonds is 2. The molecule has 2 heterocycles. The summed E-state index contributed by atoms with van der Waals surface area (Å²) >= 11 is 0. The SMILES string of the molecule is CC1(Nc2ccc3ncccc3c2N)CCS(=O)(=O)C1. The lowest BCUT2D eigenvalue weighted by Gasteiger charge is -2.26. The molecular weight excluding hydrogens is 274 g/mol. The van der Waals surface area contributed by atoms with E-state index in [2.05, 4.69) is 10.3 Å². The van der Waals surface area contributed by atoms with Gasteiger partial charge in [0.1, 0.15) is 0 Å². The molecule has 0 amide bonds. The highest BCUT2D eigenvalue weighted by atomic mass is 32.2. The number of hydrogen-bond donors (Lipinski definition) is 2. The number of nitrogens with one attached hydrogen (secondary N) is 1. The molecule has 0 saturated carbocycles. The summed E-state index contributed by atoms with van der Waals surface area (Å²) < 4.78 is 23.3. The van der Waals surface area contributed by atoms with Crippen LogP contribution in [0, 0.1) is 0 Å². The van der Waals surface area contributed by atoms with Crippen molar-refractivity contribution in [1.82, 2.24) is 4.98 Å². The zero-order valence-electron chi connectivity index (χ0n) is 11.3. The molecule has 1 atom stereocenters. The molecule has 0 spiro atoms. The van der Waals surface area contributed by atoms with Crippen LogP contribution in [0.4, 0.5) is 11.4 Å². The molecule has 1 aromatic carbocycles. The Hall–Kier alpha value is -1.82. The maximum absolute atomic E-state index is 11.7. The number of fused-ring (bicyclic) bond motifs is 1. The highest BCUT2D eigenvalue weighted by molar-refractivity contribution is 7.91. The fraction of sp³-hybridized carbons (Fsp3) is 0.357. The van der Waals surface area contributed by atoms with Crippen LogP contribution in [0.5, 0.6) is 0 Å². The topological polar surface area (TPSA) is 85.1 Å². The standard InChI is InChI=1S/C14H17N3O2S/c1-14(6-8-20(18,19)9-14)17-12-5-4-11-10(13(12)15)3-2-7-16-11/h2-5,7,17H,6,8-9,15H2,1H3. The second kappa shape index (κ2) is 4.34. The van der Waals surface area contributed by atoms with E-state index < -0.39 is 15.4 Å². The first-order valence-electron chi connectivity index (χ1n) is 6.50. The lowest BCUT2D eigenvalue weighted by molar-refractivity contribution is 0.574. The molecule has 0 radical (unpaired) electrons. The van der Waals surface area contributed by atoms with Gasteiger partial charge < -0.3 is 11.1 Å². The van der Waals surface area contributed by atoms with Crippen molar-refractivity contribution in [2.45, 2.75) is 18.9 Å². The van der Waals surface area contributed by atoms with E-state index in [-0.39, 0.29) is 11.5 Å². The van der Waals surface area contributed by atoms with Crippen molar-refractivity contribution >= 4 is 32.1 Å². The molecule has 0 aliphatic carbocycles. The van der Waals surface area contributed by atoms with Gasteiger partial charge in [0.05, 0.1) is 28.4 Å². The predicted octanol–water partition coefficient (Wildman–Crippen LogP) is 1.81. The van der Waals surface area contributed by atoms with E-state index >= 15 is 0 Å². The molecule has 3 rings (SSSR count). The summed E-state index contributed by atoms with van der Waals surface area (Å²) in [5.74, 6) is 0.371. The summed E-state index contributed by atoms with van der Waals surface area (Å²) in [4.78, 5) is 4.25. The summed E-state index contributed by atoms with van der Waals surface area (Å²) in [6.07, 6.45) is 2.32. The van der Waals surface area contributed by atoms with Crippen molar-refractivity contribution in [3.63, 3.8) is 0 Å². The number of benzene rings is 1. The van der Waals surface area contributed by atoms with Gasteiger partial charge in [-0.1, -0.05) is 0 Å². The van der Waals surface area contributed by atoms with E-state index in [4.69, 9.17) is 5.73 Å². The molecule has 1 aliphatic rings. The molecule has 6 heteroatoms. The first-order chi connectivity index (χ1) is 9.39. The van der Waals surface area contributed by atoms with Crippen LogP contribution in [0.3, 0.4) is 0 Å². The van der Waals surface area contributed by atoms with Crippen molar-refractivity contribution in [3.05, 3.63) is 30.5 Å². The van der Waals surface area contributed by atoms with Gasteiger partial charge in [0, 0.05) is 17.1 Å². The molecule has 1 fully saturated rings. The molecule has 2 aromatic rings. The molecule has 1 saturated heterocycles. The molecule has 20 heavy (non-hydrogen) atoms. The van der Waals surface area contributed by atoms with Crippen molar-refractivity contribution in [1.29, 1.82) is 0 Å². The lowest BCUT2D eigenvalue weighted by atomic mass is 10.0. The molecule has 3 N–H and O–H groups in total. The third kappa shape index (κ3) is 2.31. The molecule has 1 aliphatic heterocycles. The normalized spacial score (nSPS) is 24.9. The maximum Gasteiger partial charge on any atom is 0.152 e. The maximum atomic E-state index is 11.7. The smallest absolute Gasteiger partial charge is 0.152 e.